The minimum Gasteiger partial charge on any atom is -0.454 e. The van der Waals surface area contributed by atoms with Crippen molar-refractivity contribution in [2.75, 3.05) is 6.79 Å². The Morgan fingerprint density at radius 1 is 0.975 bits per heavy atom. The Balaban J connectivity index is 1.39. The zero-order valence-electron chi connectivity index (χ0n) is 22.9. The van der Waals surface area contributed by atoms with Gasteiger partial charge in [-0.2, -0.15) is 0 Å². The molecule has 1 N–H and O–H groups in total. The van der Waals surface area contributed by atoms with E-state index in [1.165, 1.54) is 0 Å². The van der Waals surface area contributed by atoms with Gasteiger partial charge in [0.1, 0.15) is 0 Å². The number of H-pyrrole nitrogens is 1. The molecule has 3 aromatic carbocycles. The summed E-state index contributed by atoms with van der Waals surface area (Å²) < 4.78 is 13.0. The number of nitrogens with one attached hydrogen (secondary N) is 1. The van der Waals surface area contributed by atoms with Crippen LogP contribution in [0.3, 0.4) is 0 Å². The van der Waals surface area contributed by atoms with Crippen molar-refractivity contribution in [3.05, 3.63) is 111 Å². The number of aryl methyl sites for hydroxylation is 2. The quantitative estimate of drug-likeness (QED) is 0.281. The predicted molar refractivity (Wildman–Crippen MR) is 152 cm³/mol. The van der Waals surface area contributed by atoms with Gasteiger partial charge in [-0.05, 0) is 77.0 Å². The molecule has 204 valence electrons. The van der Waals surface area contributed by atoms with Crippen LogP contribution >= 0.6 is 0 Å². The van der Waals surface area contributed by atoms with E-state index in [1.54, 1.807) is 0 Å². The third-order valence-corrected chi connectivity index (χ3v) is 7.43. The van der Waals surface area contributed by atoms with Crippen LogP contribution in [0.2, 0.25) is 0 Å². The summed E-state index contributed by atoms with van der Waals surface area (Å²) in [6.45, 7) is 7.99. The lowest BCUT2D eigenvalue weighted by molar-refractivity contribution is 0.161. The summed E-state index contributed by atoms with van der Waals surface area (Å²) in [6.07, 6.45) is 0.753. The number of aromatic amines is 1. The first-order valence-corrected chi connectivity index (χ1v) is 13.5. The largest absolute Gasteiger partial charge is 0.454 e. The van der Waals surface area contributed by atoms with E-state index in [0.29, 0.717) is 25.2 Å². The minimum atomic E-state index is -0.140. The number of benzene rings is 3. The Bertz CT molecular complexity index is 1710. The van der Waals surface area contributed by atoms with Crippen molar-refractivity contribution < 1.29 is 9.47 Å². The zero-order valence-corrected chi connectivity index (χ0v) is 22.9. The van der Waals surface area contributed by atoms with E-state index in [9.17, 15) is 4.79 Å². The van der Waals surface area contributed by atoms with Gasteiger partial charge in [0.15, 0.2) is 17.3 Å². The average Bonchev–Trinajstić information content (AvgIpc) is 3.60. The van der Waals surface area contributed by atoms with Gasteiger partial charge in [0, 0.05) is 18.7 Å². The van der Waals surface area contributed by atoms with E-state index in [0.717, 1.165) is 56.9 Å². The Morgan fingerprint density at radius 3 is 2.62 bits per heavy atom. The lowest BCUT2D eigenvalue weighted by atomic mass is 10.0. The summed E-state index contributed by atoms with van der Waals surface area (Å²) in [5, 5.41) is 13.9. The summed E-state index contributed by atoms with van der Waals surface area (Å²) in [5.74, 6) is 2.23. The molecule has 0 unspecified atom stereocenters. The number of rotatable bonds is 9. The molecule has 0 spiro atoms. The Hall–Kier alpha value is -4.50. The van der Waals surface area contributed by atoms with E-state index >= 15 is 0 Å². The minimum absolute atomic E-state index is 0.0890. The molecule has 0 fully saturated rings. The summed E-state index contributed by atoms with van der Waals surface area (Å²) >= 11 is 0. The highest BCUT2D eigenvalue weighted by atomic mass is 16.7. The van der Waals surface area contributed by atoms with E-state index in [2.05, 4.69) is 63.5 Å². The fraction of sp³-hybridized carbons (Fsp3) is 0.290. The molecule has 9 heteroatoms. The van der Waals surface area contributed by atoms with Crippen molar-refractivity contribution in [1.82, 2.24) is 30.1 Å². The second-order valence-corrected chi connectivity index (χ2v) is 10.4. The highest BCUT2D eigenvalue weighted by Crippen LogP contribution is 2.34. The maximum absolute atomic E-state index is 13.4. The van der Waals surface area contributed by atoms with Crippen LogP contribution in [-0.4, -0.2) is 36.9 Å². The summed E-state index contributed by atoms with van der Waals surface area (Å²) in [7, 11) is 0. The number of aromatic nitrogens is 5. The van der Waals surface area contributed by atoms with Crippen molar-refractivity contribution in [1.29, 1.82) is 0 Å². The van der Waals surface area contributed by atoms with Crippen molar-refractivity contribution >= 4 is 10.9 Å². The normalized spacial score (nSPS) is 13.3. The Morgan fingerprint density at radius 2 is 1.80 bits per heavy atom. The lowest BCUT2D eigenvalue weighted by Crippen LogP contribution is -2.32. The van der Waals surface area contributed by atoms with Crippen molar-refractivity contribution in [2.45, 2.75) is 52.9 Å². The zero-order chi connectivity index (χ0) is 27.6. The van der Waals surface area contributed by atoms with E-state index in [1.807, 2.05) is 54.1 Å². The SMILES string of the molecule is CC[C@H](c1nnnn1Cc1ccccc1)N(Cc1ccc2c(c1)OCO2)Cc1cc2cc(C)cc(C)c2[nH]c1=O. The van der Waals surface area contributed by atoms with Crippen LogP contribution in [0.25, 0.3) is 10.9 Å². The number of pyridine rings is 1. The standard InChI is InChI=1S/C31H32N6O3/c1-4-26(30-33-34-35-37(30)17-22-8-6-5-7-9-22)36(16-23-10-11-27-28(14-23)40-19-39-27)18-25-15-24-13-20(2)12-21(3)29(24)32-31(25)38/h5-15,26H,4,16-19H2,1-3H3,(H,32,38)/t26-/m1/s1. The molecule has 0 saturated heterocycles. The van der Waals surface area contributed by atoms with Gasteiger partial charge in [-0.3, -0.25) is 9.69 Å². The van der Waals surface area contributed by atoms with Crippen molar-refractivity contribution in [2.24, 2.45) is 0 Å². The maximum Gasteiger partial charge on any atom is 0.252 e. The summed E-state index contributed by atoms with van der Waals surface area (Å²) in [6, 6.07) is 22.2. The molecule has 0 bridgehead atoms. The molecule has 40 heavy (non-hydrogen) atoms. The molecule has 6 rings (SSSR count). The second-order valence-electron chi connectivity index (χ2n) is 10.4. The van der Waals surface area contributed by atoms with Gasteiger partial charge in [-0.15, -0.1) is 5.10 Å². The molecule has 0 aliphatic carbocycles. The van der Waals surface area contributed by atoms with Crippen LogP contribution < -0.4 is 15.0 Å². The van der Waals surface area contributed by atoms with Crippen LogP contribution in [0, 0.1) is 13.8 Å². The first-order chi connectivity index (χ1) is 19.5. The Kier molecular flexibility index (Phi) is 7.04. The lowest BCUT2D eigenvalue weighted by Gasteiger charge is -2.30. The number of ether oxygens (including phenoxy) is 2. The first-order valence-electron chi connectivity index (χ1n) is 13.5. The topological polar surface area (TPSA) is 98.2 Å². The van der Waals surface area contributed by atoms with Crippen molar-refractivity contribution in [3.63, 3.8) is 0 Å². The molecule has 9 nitrogen and oxygen atoms in total. The Labute approximate surface area is 232 Å². The van der Waals surface area contributed by atoms with E-state index in [4.69, 9.17) is 9.47 Å². The fourth-order valence-corrected chi connectivity index (χ4v) is 5.54. The van der Waals surface area contributed by atoms with Crippen LogP contribution in [-0.2, 0) is 19.6 Å². The highest BCUT2D eigenvalue weighted by Gasteiger charge is 2.27. The molecule has 1 atom stereocenters. The molecular weight excluding hydrogens is 504 g/mol. The average molecular weight is 537 g/mol. The van der Waals surface area contributed by atoms with Gasteiger partial charge in [0.2, 0.25) is 6.79 Å². The molecule has 2 aromatic heterocycles. The second kappa shape index (κ2) is 10.9. The number of hydrogen-bond donors (Lipinski definition) is 1. The van der Waals surface area contributed by atoms with E-state index in [-0.39, 0.29) is 18.4 Å². The molecule has 3 heterocycles. The van der Waals surface area contributed by atoms with Crippen LogP contribution in [0.15, 0.2) is 71.5 Å². The van der Waals surface area contributed by atoms with Gasteiger partial charge in [-0.25, -0.2) is 4.68 Å². The highest BCUT2D eigenvalue weighted by molar-refractivity contribution is 5.82. The van der Waals surface area contributed by atoms with Gasteiger partial charge in [0.25, 0.3) is 5.56 Å². The van der Waals surface area contributed by atoms with Crippen LogP contribution in [0.5, 0.6) is 11.5 Å². The van der Waals surface area contributed by atoms with Crippen molar-refractivity contribution in [3.8, 4) is 11.5 Å². The summed E-state index contributed by atoms with van der Waals surface area (Å²) in [4.78, 5) is 18.7. The van der Waals surface area contributed by atoms with Crippen LogP contribution in [0.4, 0.5) is 0 Å². The third kappa shape index (κ3) is 5.20. The van der Waals surface area contributed by atoms with E-state index < -0.39 is 0 Å². The maximum atomic E-state index is 13.4. The van der Waals surface area contributed by atoms with Gasteiger partial charge >= 0.3 is 0 Å². The number of nitrogens with zero attached hydrogens (tertiary/aromatic N) is 5. The third-order valence-electron chi connectivity index (χ3n) is 7.43. The van der Waals surface area contributed by atoms with Crippen LogP contribution in [0.1, 0.15) is 53.0 Å². The molecule has 1 aliphatic rings. The number of tetrazole rings is 1. The fourth-order valence-electron chi connectivity index (χ4n) is 5.54. The molecule has 5 aromatic rings. The predicted octanol–water partition coefficient (Wildman–Crippen LogP) is 5.06. The molecule has 0 saturated carbocycles. The summed E-state index contributed by atoms with van der Waals surface area (Å²) in [5.41, 5.74) is 5.86. The number of hydrogen-bond acceptors (Lipinski definition) is 7. The van der Waals surface area contributed by atoms with Gasteiger partial charge in [-0.1, -0.05) is 55.0 Å². The monoisotopic (exact) mass is 536 g/mol. The van der Waals surface area contributed by atoms with Gasteiger partial charge < -0.3 is 14.5 Å². The molecular formula is C31H32N6O3. The van der Waals surface area contributed by atoms with Gasteiger partial charge in [0.05, 0.1) is 18.1 Å². The first kappa shape index (κ1) is 25.8. The molecule has 0 radical (unpaired) electrons. The number of fused-ring (bicyclic) bond motifs is 2. The molecule has 0 amide bonds. The molecule has 1 aliphatic heterocycles. The smallest absolute Gasteiger partial charge is 0.252 e.